The zero-order valence-corrected chi connectivity index (χ0v) is 12.8. The SMILES string of the molecule is CC1CCN(c2cc(Nc3cccc(Cl)c3)ncn2)CC1. The Balaban J connectivity index is 1.74. The molecule has 0 saturated carbocycles. The number of hydrogen-bond acceptors (Lipinski definition) is 4. The highest BCUT2D eigenvalue weighted by atomic mass is 35.5. The molecule has 1 aliphatic rings. The summed E-state index contributed by atoms with van der Waals surface area (Å²) < 4.78 is 0. The Labute approximate surface area is 130 Å². The van der Waals surface area contributed by atoms with E-state index in [0.29, 0.717) is 5.02 Å². The van der Waals surface area contributed by atoms with Crippen LogP contribution in [-0.4, -0.2) is 23.1 Å². The molecule has 21 heavy (non-hydrogen) atoms. The number of aromatic nitrogens is 2. The number of nitrogens with one attached hydrogen (secondary N) is 1. The minimum absolute atomic E-state index is 0.708. The van der Waals surface area contributed by atoms with Crippen molar-refractivity contribution in [3.05, 3.63) is 41.7 Å². The van der Waals surface area contributed by atoms with Crippen LogP contribution in [0.3, 0.4) is 0 Å². The van der Waals surface area contributed by atoms with Gasteiger partial charge in [0.25, 0.3) is 0 Å². The minimum Gasteiger partial charge on any atom is -0.356 e. The maximum Gasteiger partial charge on any atom is 0.135 e. The first-order valence-electron chi connectivity index (χ1n) is 7.30. The van der Waals surface area contributed by atoms with E-state index in [1.165, 1.54) is 12.8 Å². The van der Waals surface area contributed by atoms with Gasteiger partial charge in [-0.25, -0.2) is 9.97 Å². The van der Waals surface area contributed by atoms with Crippen molar-refractivity contribution in [2.24, 2.45) is 5.92 Å². The number of halogens is 1. The van der Waals surface area contributed by atoms with E-state index in [1.54, 1.807) is 6.33 Å². The van der Waals surface area contributed by atoms with Crippen molar-refractivity contribution in [2.45, 2.75) is 19.8 Å². The highest BCUT2D eigenvalue weighted by Crippen LogP contribution is 2.24. The third kappa shape index (κ3) is 3.64. The quantitative estimate of drug-likeness (QED) is 0.926. The van der Waals surface area contributed by atoms with E-state index in [-0.39, 0.29) is 0 Å². The molecule has 5 heteroatoms. The molecule has 1 saturated heterocycles. The molecule has 0 aliphatic carbocycles. The van der Waals surface area contributed by atoms with Gasteiger partial charge < -0.3 is 10.2 Å². The predicted molar refractivity (Wildman–Crippen MR) is 87.4 cm³/mol. The van der Waals surface area contributed by atoms with Crippen molar-refractivity contribution in [3.63, 3.8) is 0 Å². The Kier molecular flexibility index (Phi) is 4.25. The Morgan fingerprint density at radius 3 is 2.76 bits per heavy atom. The van der Waals surface area contributed by atoms with Crippen LogP contribution in [0.1, 0.15) is 19.8 Å². The van der Waals surface area contributed by atoms with Gasteiger partial charge >= 0.3 is 0 Å². The number of piperidine rings is 1. The Morgan fingerprint density at radius 1 is 1.19 bits per heavy atom. The summed E-state index contributed by atoms with van der Waals surface area (Å²) in [6, 6.07) is 9.62. The molecule has 0 spiro atoms. The van der Waals surface area contributed by atoms with Crippen LogP contribution < -0.4 is 10.2 Å². The van der Waals surface area contributed by atoms with Crippen LogP contribution in [0.4, 0.5) is 17.3 Å². The van der Waals surface area contributed by atoms with Crippen LogP contribution in [0.5, 0.6) is 0 Å². The van der Waals surface area contributed by atoms with E-state index < -0.39 is 0 Å². The van der Waals surface area contributed by atoms with Crippen LogP contribution in [0.2, 0.25) is 5.02 Å². The zero-order valence-electron chi connectivity index (χ0n) is 12.1. The van der Waals surface area contributed by atoms with Gasteiger partial charge in [-0.1, -0.05) is 24.6 Å². The molecule has 0 radical (unpaired) electrons. The van der Waals surface area contributed by atoms with Crippen molar-refractivity contribution in [3.8, 4) is 0 Å². The first kappa shape index (κ1) is 14.1. The smallest absolute Gasteiger partial charge is 0.135 e. The van der Waals surface area contributed by atoms with Gasteiger partial charge in [-0.05, 0) is 37.0 Å². The standard InChI is InChI=1S/C16H19ClN4/c1-12-5-7-21(8-6-12)16-10-15(18-11-19-16)20-14-4-2-3-13(17)9-14/h2-4,9-12H,5-8H2,1H3,(H,18,19,20). The van der Waals surface area contributed by atoms with E-state index in [1.807, 2.05) is 30.3 Å². The summed E-state index contributed by atoms with van der Waals surface area (Å²) in [4.78, 5) is 11.0. The average molecular weight is 303 g/mol. The second-order valence-corrected chi connectivity index (χ2v) is 6.00. The highest BCUT2D eigenvalue weighted by molar-refractivity contribution is 6.30. The molecule has 1 N–H and O–H groups in total. The fraction of sp³-hybridized carbons (Fsp3) is 0.375. The number of rotatable bonds is 3. The summed E-state index contributed by atoms with van der Waals surface area (Å²) in [5.41, 5.74) is 0.930. The normalized spacial score (nSPS) is 16.0. The van der Waals surface area contributed by atoms with E-state index in [9.17, 15) is 0 Å². The van der Waals surface area contributed by atoms with Gasteiger partial charge in [0, 0.05) is 29.9 Å². The van der Waals surface area contributed by atoms with Crippen LogP contribution >= 0.6 is 11.6 Å². The second-order valence-electron chi connectivity index (χ2n) is 5.57. The Morgan fingerprint density at radius 2 is 2.00 bits per heavy atom. The second kappa shape index (κ2) is 6.31. The molecule has 0 atom stereocenters. The zero-order chi connectivity index (χ0) is 14.7. The molecule has 1 aromatic carbocycles. The Bertz CT molecular complexity index is 609. The summed E-state index contributed by atoms with van der Waals surface area (Å²) in [6.07, 6.45) is 4.06. The molecular formula is C16H19ClN4. The van der Waals surface area contributed by atoms with Gasteiger partial charge in [0.2, 0.25) is 0 Å². The monoisotopic (exact) mass is 302 g/mol. The van der Waals surface area contributed by atoms with Crippen LogP contribution in [0, 0.1) is 5.92 Å². The van der Waals surface area contributed by atoms with Gasteiger partial charge in [0.15, 0.2) is 0 Å². The number of hydrogen-bond donors (Lipinski definition) is 1. The van der Waals surface area contributed by atoms with Gasteiger partial charge in [-0.15, -0.1) is 0 Å². The fourth-order valence-electron chi connectivity index (χ4n) is 2.54. The summed E-state index contributed by atoms with van der Waals surface area (Å²) in [5, 5.41) is 3.98. The van der Waals surface area contributed by atoms with Crippen molar-refractivity contribution < 1.29 is 0 Å². The molecule has 0 unspecified atom stereocenters. The summed E-state index contributed by atoms with van der Waals surface area (Å²) in [6.45, 7) is 4.44. The predicted octanol–water partition coefficient (Wildman–Crippen LogP) is 4.11. The highest BCUT2D eigenvalue weighted by Gasteiger charge is 2.17. The van der Waals surface area contributed by atoms with E-state index in [0.717, 1.165) is 36.3 Å². The summed E-state index contributed by atoms with van der Waals surface area (Å²) >= 11 is 6.00. The Hall–Kier alpha value is -1.81. The molecule has 3 rings (SSSR count). The lowest BCUT2D eigenvalue weighted by Crippen LogP contribution is -2.33. The van der Waals surface area contributed by atoms with E-state index >= 15 is 0 Å². The van der Waals surface area contributed by atoms with Gasteiger partial charge in [0.1, 0.15) is 18.0 Å². The van der Waals surface area contributed by atoms with Crippen LogP contribution in [-0.2, 0) is 0 Å². The summed E-state index contributed by atoms with van der Waals surface area (Å²) in [5.74, 6) is 2.59. The molecule has 110 valence electrons. The van der Waals surface area contributed by atoms with E-state index in [4.69, 9.17) is 11.6 Å². The lowest BCUT2D eigenvalue weighted by atomic mass is 9.99. The number of nitrogens with zero attached hydrogens (tertiary/aromatic N) is 3. The molecule has 1 fully saturated rings. The first-order valence-corrected chi connectivity index (χ1v) is 7.68. The first-order chi connectivity index (χ1) is 10.2. The molecule has 2 aromatic rings. The number of anilines is 3. The van der Waals surface area contributed by atoms with Crippen LogP contribution in [0.25, 0.3) is 0 Å². The third-order valence-corrected chi connectivity index (χ3v) is 4.09. The van der Waals surface area contributed by atoms with Gasteiger partial charge in [0.05, 0.1) is 0 Å². The van der Waals surface area contributed by atoms with Crippen molar-refractivity contribution in [1.29, 1.82) is 0 Å². The summed E-state index contributed by atoms with van der Waals surface area (Å²) in [7, 11) is 0. The largest absolute Gasteiger partial charge is 0.356 e. The molecule has 0 amide bonds. The van der Waals surface area contributed by atoms with Gasteiger partial charge in [-0.2, -0.15) is 0 Å². The molecule has 0 bridgehead atoms. The van der Waals surface area contributed by atoms with Crippen molar-refractivity contribution in [1.82, 2.24) is 9.97 Å². The average Bonchev–Trinajstić information content (AvgIpc) is 2.48. The lowest BCUT2D eigenvalue weighted by molar-refractivity contribution is 0.436. The number of benzene rings is 1. The maximum absolute atomic E-state index is 6.00. The molecule has 1 aliphatic heterocycles. The van der Waals surface area contributed by atoms with Crippen LogP contribution in [0.15, 0.2) is 36.7 Å². The third-order valence-electron chi connectivity index (χ3n) is 3.86. The molecule has 2 heterocycles. The van der Waals surface area contributed by atoms with Crippen molar-refractivity contribution in [2.75, 3.05) is 23.3 Å². The lowest BCUT2D eigenvalue weighted by Gasteiger charge is -2.31. The maximum atomic E-state index is 6.00. The van der Waals surface area contributed by atoms with Gasteiger partial charge in [-0.3, -0.25) is 0 Å². The molecular weight excluding hydrogens is 284 g/mol. The molecule has 4 nitrogen and oxygen atoms in total. The molecule has 1 aromatic heterocycles. The van der Waals surface area contributed by atoms with Crippen molar-refractivity contribution >= 4 is 28.9 Å². The topological polar surface area (TPSA) is 41.0 Å². The minimum atomic E-state index is 0.708. The van der Waals surface area contributed by atoms with E-state index in [2.05, 4.69) is 27.1 Å². The fourth-order valence-corrected chi connectivity index (χ4v) is 2.73.